The number of aldehydes is 1. The Labute approximate surface area is 81.4 Å². The lowest BCUT2D eigenvalue weighted by molar-refractivity contribution is -0.107. The highest BCUT2D eigenvalue weighted by molar-refractivity contribution is 5.74. The van der Waals surface area contributed by atoms with E-state index in [1.165, 1.54) is 26.4 Å². The monoisotopic (exact) mass is 198 g/mol. The molecule has 0 bridgehead atoms. The second kappa shape index (κ2) is 4.83. The molecule has 0 aliphatic heterocycles. The van der Waals surface area contributed by atoms with Crippen LogP contribution in [0.3, 0.4) is 0 Å². The first-order valence-corrected chi connectivity index (χ1v) is 4.03. The van der Waals surface area contributed by atoms with Crippen molar-refractivity contribution < 1.29 is 18.7 Å². The maximum Gasteiger partial charge on any atom is 0.185 e. The Morgan fingerprint density at radius 2 is 2.00 bits per heavy atom. The molecule has 0 aliphatic rings. The van der Waals surface area contributed by atoms with Gasteiger partial charge in [0.1, 0.15) is 12.1 Å². The third kappa shape index (κ3) is 2.16. The standard InChI is InChI=1S/C10H11FO3/c1-13-10(14-2)8-4-3-7(6-12)5-9(8)11/h3-6,10H,1-2H3. The summed E-state index contributed by atoms with van der Waals surface area (Å²) in [5.41, 5.74) is 0.567. The van der Waals surface area contributed by atoms with Crippen molar-refractivity contribution in [1.29, 1.82) is 0 Å². The lowest BCUT2D eigenvalue weighted by atomic mass is 10.1. The summed E-state index contributed by atoms with van der Waals surface area (Å²) in [6, 6.07) is 4.13. The van der Waals surface area contributed by atoms with E-state index in [9.17, 15) is 9.18 Å². The van der Waals surface area contributed by atoms with Gasteiger partial charge < -0.3 is 9.47 Å². The van der Waals surface area contributed by atoms with E-state index in [2.05, 4.69) is 0 Å². The van der Waals surface area contributed by atoms with E-state index in [0.29, 0.717) is 6.29 Å². The number of methoxy groups -OCH3 is 2. The van der Waals surface area contributed by atoms with Crippen molar-refractivity contribution in [3.63, 3.8) is 0 Å². The summed E-state index contributed by atoms with van der Waals surface area (Å²) < 4.78 is 23.1. The predicted molar refractivity (Wildman–Crippen MR) is 48.5 cm³/mol. The molecule has 4 heteroatoms. The molecule has 0 fully saturated rings. The fourth-order valence-corrected chi connectivity index (χ4v) is 1.16. The minimum Gasteiger partial charge on any atom is -0.352 e. The third-order valence-corrected chi connectivity index (χ3v) is 1.84. The van der Waals surface area contributed by atoms with Gasteiger partial charge in [-0.1, -0.05) is 12.1 Å². The number of hydrogen-bond acceptors (Lipinski definition) is 3. The molecule has 1 aromatic rings. The molecule has 1 rings (SSSR count). The molecule has 76 valence electrons. The van der Waals surface area contributed by atoms with E-state index in [0.717, 1.165) is 6.07 Å². The zero-order valence-corrected chi connectivity index (χ0v) is 7.99. The normalized spacial score (nSPS) is 10.6. The lowest BCUT2D eigenvalue weighted by Gasteiger charge is -2.14. The SMILES string of the molecule is COC(OC)c1ccc(C=O)cc1F. The van der Waals surface area contributed by atoms with Gasteiger partial charge in [0.05, 0.1) is 0 Å². The van der Waals surface area contributed by atoms with E-state index in [1.807, 2.05) is 0 Å². The van der Waals surface area contributed by atoms with Crippen molar-refractivity contribution in [2.24, 2.45) is 0 Å². The second-order valence-corrected chi connectivity index (χ2v) is 2.70. The van der Waals surface area contributed by atoms with Crippen LogP contribution in [0.25, 0.3) is 0 Å². The topological polar surface area (TPSA) is 35.5 Å². The summed E-state index contributed by atoms with van der Waals surface area (Å²) in [5, 5.41) is 0. The molecule has 0 radical (unpaired) electrons. The van der Waals surface area contributed by atoms with Crippen molar-refractivity contribution in [2.75, 3.05) is 14.2 Å². The van der Waals surface area contributed by atoms with Crippen molar-refractivity contribution in [1.82, 2.24) is 0 Å². The van der Waals surface area contributed by atoms with Crippen LogP contribution in [0.1, 0.15) is 22.2 Å². The van der Waals surface area contributed by atoms with Crippen molar-refractivity contribution in [2.45, 2.75) is 6.29 Å². The summed E-state index contributed by atoms with van der Waals surface area (Å²) in [6.45, 7) is 0. The molecule has 0 saturated carbocycles. The van der Waals surface area contributed by atoms with Crippen LogP contribution in [-0.2, 0) is 9.47 Å². The molecular formula is C10H11FO3. The number of ether oxygens (including phenoxy) is 2. The smallest absolute Gasteiger partial charge is 0.185 e. The van der Waals surface area contributed by atoms with E-state index in [1.54, 1.807) is 0 Å². The number of benzene rings is 1. The van der Waals surface area contributed by atoms with Gasteiger partial charge in [-0.05, 0) is 6.07 Å². The largest absolute Gasteiger partial charge is 0.352 e. The molecular weight excluding hydrogens is 187 g/mol. The Morgan fingerprint density at radius 1 is 1.36 bits per heavy atom. The maximum absolute atomic E-state index is 13.3. The molecule has 0 aliphatic carbocycles. The highest BCUT2D eigenvalue weighted by atomic mass is 19.1. The van der Waals surface area contributed by atoms with Gasteiger partial charge in [0.15, 0.2) is 6.29 Å². The molecule has 0 N–H and O–H groups in total. The van der Waals surface area contributed by atoms with Crippen LogP contribution < -0.4 is 0 Å². The quantitative estimate of drug-likeness (QED) is 0.547. The fraction of sp³-hybridized carbons (Fsp3) is 0.300. The van der Waals surface area contributed by atoms with Crippen LogP contribution in [0.5, 0.6) is 0 Å². The summed E-state index contributed by atoms with van der Waals surface area (Å²) in [7, 11) is 2.84. The van der Waals surface area contributed by atoms with Gasteiger partial charge in [-0.25, -0.2) is 4.39 Å². The average molecular weight is 198 g/mol. The first-order chi connectivity index (χ1) is 6.72. The number of carbonyl (C=O) groups is 1. The van der Waals surface area contributed by atoms with Crippen molar-refractivity contribution in [3.8, 4) is 0 Å². The highest BCUT2D eigenvalue weighted by Crippen LogP contribution is 2.20. The Balaban J connectivity index is 3.03. The summed E-state index contributed by atoms with van der Waals surface area (Å²) in [6.07, 6.45) is -0.155. The van der Waals surface area contributed by atoms with E-state index in [-0.39, 0.29) is 11.1 Å². The minimum absolute atomic E-state index is 0.278. The summed E-state index contributed by atoms with van der Waals surface area (Å²) in [4.78, 5) is 10.3. The molecule has 0 amide bonds. The summed E-state index contributed by atoms with van der Waals surface area (Å²) >= 11 is 0. The zero-order valence-electron chi connectivity index (χ0n) is 7.99. The molecule has 0 heterocycles. The van der Waals surface area contributed by atoms with Crippen LogP contribution >= 0.6 is 0 Å². The van der Waals surface area contributed by atoms with Gasteiger partial charge in [0, 0.05) is 25.3 Å². The van der Waals surface area contributed by atoms with Crippen molar-refractivity contribution >= 4 is 6.29 Å². The minimum atomic E-state index is -0.740. The summed E-state index contributed by atoms with van der Waals surface area (Å²) in [5.74, 6) is -0.511. The van der Waals surface area contributed by atoms with Gasteiger partial charge in [-0.15, -0.1) is 0 Å². The Bertz CT molecular complexity index is 321. The van der Waals surface area contributed by atoms with E-state index in [4.69, 9.17) is 9.47 Å². The van der Waals surface area contributed by atoms with Gasteiger partial charge in [-0.2, -0.15) is 0 Å². The average Bonchev–Trinajstić information content (AvgIpc) is 2.22. The Morgan fingerprint density at radius 3 is 2.43 bits per heavy atom. The van der Waals surface area contributed by atoms with Gasteiger partial charge in [-0.3, -0.25) is 4.79 Å². The Kier molecular flexibility index (Phi) is 3.73. The van der Waals surface area contributed by atoms with E-state index >= 15 is 0 Å². The number of rotatable bonds is 4. The lowest BCUT2D eigenvalue weighted by Crippen LogP contribution is -2.06. The molecule has 0 unspecified atom stereocenters. The van der Waals surface area contributed by atoms with Gasteiger partial charge in [0.2, 0.25) is 0 Å². The van der Waals surface area contributed by atoms with Crippen LogP contribution in [-0.4, -0.2) is 20.5 Å². The van der Waals surface area contributed by atoms with E-state index < -0.39 is 12.1 Å². The number of halogens is 1. The molecule has 0 atom stereocenters. The number of hydrogen-bond donors (Lipinski definition) is 0. The predicted octanol–water partition coefficient (Wildman–Crippen LogP) is 1.93. The van der Waals surface area contributed by atoms with Crippen LogP contribution in [0, 0.1) is 5.82 Å². The van der Waals surface area contributed by atoms with Gasteiger partial charge >= 0.3 is 0 Å². The van der Waals surface area contributed by atoms with Gasteiger partial charge in [0.25, 0.3) is 0 Å². The first kappa shape index (κ1) is 10.8. The Hall–Kier alpha value is -1.26. The fourth-order valence-electron chi connectivity index (χ4n) is 1.16. The van der Waals surface area contributed by atoms with Crippen molar-refractivity contribution in [3.05, 3.63) is 35.1 Å². The maximum atomic E-state index is 13.3. The molecule has 1 aromatic carbocycles. The number of carbonyl (C=O) groups excluding carboxylic acids is 1. The highest BCUT2D eigenvalue weighted by Gasteiger charge is 2.14. The van der Waals surface area contributed by atoms with Crippen LogP contribution in [0.4, 0.5) is 4.39 Å². The first-order valence-electron chi connectivity index (χ1n) is 4.03. The molecule has 0 spiro atoms. The van der Waals surface area contributed by atoms with Crippen LogP contribution in [0.2, 0.25) is 0 Å². The zero-order chi connectivity index (χ0) is 10.6. The molecule has 0 saturated heterocycles. The second-order valence-electron chi connectivity index (χ2n) is 2.70. The molecule has 0 aromatic heterocycles. The van der Waals surface area contributed by atoms with Crippen LogP contribution in [0.15, 0.2) is 18.2 Å². The third-order valence-electron chi connectivity index (χ3n) is 1.84. The molecule has 14 heavy (non-hydrogen) atoms. The molecule has 3 nitrogen and oxygen atoms in total.